The fourth-order valence-corrected chi connectivity index (χ4v) is 7.65. The Kier molecular flexibility index (Phi) is 5.05. The van der Waals surface area contributed by atoms with Crippen LogP contribution < -0.4 is 0 Å². The highest BCUT2D eigenvalue weighted by Crippen LogP contribution is 2.40. The molecule has 0 fully saturated rings. The molecule has 11 rings (SSSR count). The van der Waals surface area contributed by atoms with Gasteiger partial charge in [-0.15, -0.1) is 0 Å². The standard InChI is InChI=1S/C43H25N3O2/c1-2-10-28(11-3-1)45-34-15-7-4-12-29(34)31-20-18-26(24-36(31)45)27-19-21-32-30-13-5-8-16-35(30)46(37(32)25-27)43-44-42-40(48-43)23-22-39-41(42)33-14-6-9-17-38(33)47-39/h1-25H. The number of para-hydroxylation sites is 4. The van der Waals surface area contributed by atoms with E-state index in [-0.39, 0.29) is 0 Å². The molecule has 5 nitrogen and oxygen atoms in total. The Morgan fingerprint density at radius 3 is 1.69 bits per heavy atom. The summed E-state index contributed by atoms with van der Waals surface area (Å²) >= 11 is 0. The predicted molar refractivity (Wildman–Crippen MR) is 195 cm³/mol. The molecule has 0 saturated heterocycles. The van der Waals surface area contributed by atoms with Crippen LogP contribution in [0.1, 0.15) is 0 Å². The molecule has 0 aliphatic rings. The van der Waals surface area contributed by atoms with Gasteiger partial charge < -0.3 is 13.4 Å². The molecule has 5 heteroatoms. The lowest BCUT2D eigenvalue weighted by Crippen LogP contribution is -1.94. The fraction of sp³-hybridized carbons (Fsp3) is 0. The minimum atomic E-state index is 0.533. The minimum absolute atomic E-state index is 0.533. The van der Waals surface area contributed by atoms with Crippen LogP contribution in [0.3, 0.4) is 0 Å². The van der Waals surface area contributed by atoms with Crippen molar-refractivity contribution in [1.29, 1.82) is 0 Å². The van der Waals surface area contributed by atoms with E-state index in [2.05, 4.69) is 130 Å². The van der Waals surface area contributed by atoms with Crippen molar-refractivity contribution >= 4 is 76.6 Å². The highest BCUT2D eigenvalue weighted by Gasteiger charge is 2.21. The molecule has 48 heavy (non-hydrogen) atoms. The number of aromatic nitrogens is 3. The zero-order valence-electron chi connectivity index (χ0n) is 25.6. The molecule has 0 spiro atoms. The van der Waals surface area contributed by atoms with Gasteiger partial charge in [-0.1, -0.05) is 97.1 Å². The Balaban J connectivity index is 1.16. The molecule has 0 amide bonds. The molecule has 0 bridgehead atoms. The van der Waals surface area contributed by atoms with Crippen LogP contribution in [0.15, 0.2) is 160 Å². The van der Waals surface area contributed by atoms with Crippen LogP contribution >= 0.6 is 0 Å². The molecular weight excluding hydrogens is 590 g/mol. The average molecular weight is 616 g/mol. The molecule has 0 atom stereocenters. The van der Waals surface area contributed by atoms with Gasteiger partial charge in [-0.05, 0) is 65.7 Å². The maximum absolute atomic E-state index is 6.56. The average Bonchev–Trinajstić information content (AvgIpc) is 3.90. The first-order valence-corrected chi connectivity index (χ1v) is 16.1. The van der Waals surface area contributed by atoms with Gasteiger partial charge in [0.1, 0.15) is 16.7 Å². The van der Waals surface area contributed by atoms with E-state index in [1.54, 1.807) is 0 Å². The zero-order valence-corrected chi connectivity index (χ0v) is 25.6. The summed E-state index contributed by atoms with van der Waals surface area (Å²) in [6.07, 6.45) is 0. The van der Waals surface area contributed by atoms with E-state index in [9.17, 15) is 0 Å². The largest absolute Gasteiger partial charge is 0.456 e. The van der Waals surface area contributed by atoms with E-state index in [0.717, 1.165) is 71.7 Å². The highest BCUT2D eigenvalue weighted by molar-refractivity contribution is 6.17. The second-order valence-electron chi connectivity index (χ2n) is 12.4. The topological polar surface area (TPSA) is 49.0 Å². The Bertz CT molecular complexity index is 3070. The Hall–Kier alpha value is -6.59. The van der Waals surface area contributed by atoms with Gasteiger partial charge in [-0.25, -0.2) is 0 Å². The van der Waals surface area contributed by atoms with Gasteiger partial charge in [0.05, 0.1) is 27.5 Å². The normalized spacial score (nSPS) is 12.2. The van der Waals surface area contributed by atoms with Crippen LogP contribution in [-0.2, 0) is 0 Å². The van der Waals surface area contributed by atoms with Gasteiger partial charge >= 0.3 is 6.01 Å². The summed E-state index contributed by atoms with van der Waals surface area (Å²) in [6.45, 7) is 0. The number of oxazole rings is 1. The number of fused-ring (bicyclic) bond motifs is 11. The third-order valence-corrected chi connectivity index (χ3v) is 9.77. The molecule has 0 aliphatic carbocycles. The van der Waals surface area contributed by atoms with E-state index >= 15 is 0 Å². The van der Waals surface area contributed by atoms with Crippen LogP contribution in [0.25, 0.3) is 99.5 Å². The van der Waals surface area contributed by atoms with E-state index in [0.29, 0.717) is 6.01 Å². The first-order chi connectivity index (χ1) is 23.8. The summed E-state index contributed by atoms with van der Waals surface area (Å²) in [6, 6.07) is 53.8. The highest BCUT2D eigenvalue weighted by atomic mass is 16.4. The van der Waals surface area contributed by atoms with Gasteiger partial charge in [0.25, 0.3) is 0 Å². The third kappa shape index (κ3) is 3.47. The van der Waals surface area contributed by atoms with Gasteiger partial charge in [0.2, 0.25) is 0 Å². The molecular formula is C43H25N3O2. The number of rotatable bonds is 3. The molecule has 4 heterocycles. The van der Waals surface area contributed by atoms with Crippen LogP contribution in [0.2, 0.25) is 0 Å². The van der Waals surface area contributed by atoms with Crippen LogP contribution in [0.4, 0.5) is 0 Å². The molecule has 224 valence electrons. The van der Waals surface area contributed by atoms with Crippen molar-refractivity contribution < 1.29 is 8.83 Å². The van der Waals surface area contributed by atoms with Gasteiger partial charge in [0.15, 0.2) is 5.58 Å². The van der Waals surface area contributed by atoms with Crippen molar-refractivity contribution in [2.75, 3.05) is 0 Å². The number of furan rings is 1. The molecule has 11 aromatic rings. The summed E-state index contributed by atoms with van der Waals surface area (Å²) in [5.74, 6) is 0. The molecule has 0 saturated carbocycles. The van der Waals surface area contributed by atoms with Crippen LogP contribution in [0, 0.1) is 0 Å². The summed E-state index contributed by atoms with van der Waals surface area (Å²) in [7, 11) is 0. The van der Waals surface area contributed by atoms with Crippen molar-refractivity contribution in [3.63, 3.8) is 0 Å². The third-order valence-electron chi connectivity index (χ3n) is 9.77. The quantitative estimate of drug-likeness (QED) is 0.199. The summed E-state index contributed by atoms with van der Waals surface area (Å²) in [5, 5.41) is 6.79. The van der Waals surface area contributed by atoms with Crippen LogP contribution in [0.5, 0.6) is 0 Å². The van der Waals surface area contributed by atoms with Crippen molar-refractivity contribution in [2.24, 2.45) is 0 Å². The lowest BCUT2D eigenvalue weighted by atomic mass is 10.0. The molecule has 0 unspecified atom stereocenters. The zero-order chi connectivity index (χ0) is 31.3. The first-order valence-electron chi connectivity index (χ1n) is 16.1. The Labute approximate surface area is 273 Å². The van der Waals surface area contributed by atoms with Crippen molar-refractivity contribution in [3.8, 4) is 22.8 Å². The molecule has 0 radical (unpaired) electrons. The summed E-state index contributed by atoms with van der Waals surface area (Å²) in [4.78, 5) is 5.15. The Morgan fingerprint density at radius 1 is 0.396 bits per heavy atom. The lowest BCUT2D eigenvalue weighted by Gasteiger charge is -2.09. The maximum Gasteiger partial charge on any atom is 0.307 e. The van der Waals surface area contributed by atoms with E-state index < -0.39 is 0 Å². The second kappa shape index (κ2) is 9.47. The predicted octanol–water partition coefficient (Wildman–Crippen LogP) is 11.6. The summed E-state index contributed by atoms with van der Waals surface area (Å²) in [5.41, 5.74) is 11.0. The van der Waals surface area contributed by atoms with E-state index in [4.69, 9.17) is 13.8 Å². The fourth-order valence-electron chi connectivity index (χ4n) is 7.65. The molecule has 7 aromatic carbocycles. The smallest absolute Gasteiger partial charge is 0.307 e. The SMILES string of the molecule is c1ccc(-n2c3ccccc3c3ccc(-c4ccc5c6ccccc6n(-c6nc7c(ccc8oc9ccccc9c87)o6)c5c4)cc32)cc1. The van der Waals surface area contributed by atoms with Crippen molar-refractivity contribution in [2.45, 2.75) is 0 Å². The number of nitrogens with zero attached hydrogens (tertiary/aromatic N) is 3. The summed E-state index contributed by atoms with van der Waals surface area (Å²) < 4.78 is 17.2. The molecule has 0 N–H and O–H groups in total. The molecule has 0 aliphatic heterocycles. The van der Waals surface area contributed by atoms with Gasteiger partial charge in [-0.3, -0.25) is 4.57 Å². The van der Waals surface area contributed by atoms with Gasteiger partial charge in [-0.2, -0.15) is 4.98 Å². The van der Waals surface area contributed by atoms with Crippen molar-refractivity contribution in [1.82, 2.24) is 14.1 Å². The second-order valence-corrected chi connectivity index (χ2v) is 12.4. The van der Waals surface area contributed by atoms with Crippen LogP contribution in [-0.4, -0.2) is 14.1 Å². The number of benzene rings is 7. The monoisotopic (exact) mass is 615 g/mol. The lowest BCUT2D eigenvalue weighted by molar-refractivity contribution is 0.574. The number of hydrogen-bond acceptors (Lipinski definition) is 3. The Morgan fingerprint density at radius 2 is 0.958 bits per heavy atom. The van der Waals surface area contributed by atoms with E-state index in [1.807, 2.05) is 30.3 Å². The van der Waals surface area contributed by atoms with Gasteiger partial charge in [0, 0.05) is 32.6 Å². The molecule has 4 aromatic heterocycles. The minimum Gasteiger partial charge on any atom is -0.456 e. The number of hydrogen-bond donors (Lipinski definition) is 0. The van der Waals surface area contributed by atoms with E-state index in [1.165, 1.54) is 21.8 Å². The van der Waals surface area contributed by atoms with Crippen molar-refractivity contribution in [3.05, 3.63) is 152 Å². The first kappa shape index (κ1) is 25.6. The maximum atomic E-state index is 6.56.